The number of aromatic nitrogens is 2. The molecule has 3 rings (SSSR count). The summed E-state index contributed by atoms with van der Waals surface area (Å²) in [4.78, 5) is 17.0. The van der Waals surface area contributed by atoms with Crippen molar-refractivity contribution in [1.82, 2.24) is 14.9 Å². The van der Waals surface area contributed by atoms with Crippen LogP contribution in [0.3, 0.4) is 0 Å². The lowest BCUT2D eigenvalue weighted by Gasteiger charge is -2.10. The number of fused-ring (bicyclic) bond motifs is 1. The van der Waals surface area contributed by atoms with E-state index in [1.807, 2.05) is 6.07 Å². The van der Waals surface area contributed by atoms with Crippen LogP contribution in [0.1, 0.15) is 126 Å². The van der Waals surface area contributed by atoms with E-state index in [0.717, 1.165) is 17.9 Å². The Labute approximate surface area is 224 Å². The Hall–Kier alpha value is -2.56. The van der Waals surface area contributed by atoms with E-state index in [1.54, 1.807) is 12.1 Å². The molecule has 0 unspecified atom stereocenters. The molecule has 0 atom stereocenters. The quantitative estimate of drug-likeness (QED) is 0.146. The highest BCUT2D eigenvalue weighted by atomic mass is 16.3. The van der Waals surface area contributed by atoms with Crippen LogP contribution in [0.2, 0.25) is 0 Å². The topological polar surface area (TPSA) is 60.1 Å². The number of carbonyl (C=O) groups excluding carboxylic acids is 1. The zero-order valence-electron chi connectivity index (χ0n) is 23.2. The molecule has 1 amide bonds. The van der Waals surface area contributed by atoms with E-state index in [2.05, 4.69) is 35.0 Å². The van der Waals surface area contributed by atoms with Crippen LogP contribution in [0.5, 0.6) is 0 Å². The summed E-state index contributed by atoms with van der Waals surface area (Å²) in [6.07, 6.45) is 24.3. The molecule has 0 fully saturated rings. The maximum absolute atomic E-state index is 12.2. The molecule has 5 heteroatoms. The van der Waals surface area contributed by atoms with Gasteiger partial charge in [-0.25, -0.2) is 4.98 Å². The molecule has 0 saturated carbocycles. The number of para-hydroxylation sites is 2. The lowest BCUT2D eigenvalue weighted by molar-refractivity contribution is 0.0926. The normalized spacial score (nSPS) is 11.4. The number of rotatable bonds is 21. The number of imidazole rings is 1. The first-order valence-electron chi connectivity index (χ1n) is 15.1. The van der Waals surface area contributed by atoms with Gasteiger partial charge in [-0.1, -0.05) is 115 Å². The highest BCUT2D eigenvalue weighted by Gasteiger charge is 2.12. The Balaban J connectivity index is 1.26. The summed E-state index contributed by atoms with van der Waals surface area (Å²) in [7, 11) is 0. The molecule has 0 spiro atoms. The van der Waals surface area contributed by atoms with E-state index < -0.39 is 0 Å². The number of amides is 1. The fraction of sp³-hybridized carbons (Fsp3) is 0.625. The average Bonchev–Trinajstić information content (AvgIpc) is 3.57. The molecular formula is C32H49N3O2. The van der Waals surface area contributed by atoms with Gasteiger partial charge in [0.05, 0.1) is 17.3 Å². The zero-order valence-corrected chi connectivity index (χ0v) is 23.2. The second kappa shape index (κ2) is 17.8. The van der Waals surface area contributed by atoms with Gasteiger partial charge in [-0.15, -0.1) is 0 Å². The predicted molar refractivity (Wildman–Crippen MR) is 154 cm³/mol. The average molecular weight is 508 g/mol. The van der Waals surface area contributed by atoms with Crippen LogP contribution in [0, 0.1) is 0 Å². The number of nitrogens with zero attached hydrogens (tertiary/aromatic N) is 2. The molecule has 2 heterocycles. The minimum absolute atomic E-state index is 0.175. The van der Waals surface area contributed by atoms with E-state index in [0.29, 0.717) is 18.7 Å². The number of benzene rings is 1. The van der Waals surface area contributed by atoms with Crippen molar-refractivity contribution in [2.24, 2.45) is 0 Å². The minimum atomic E-state index is -0.175. The third-order valence-corrected chi connectivity index (χ3v) is 7.35. The van der Waals surface area contributed by atoms with Crippen LogP contribution in [0.4, 0.5) is 0 Å². The summed E-state index contributed by atoms with van der Waals surface area (Å²) in [5.74, 6) is 1.22. The minimum Gasteiger partial charge on any atom is -0.459 e. The van der Waals surface area contributed by atoms with Gasteiger partial charge in [0.1, 0.15) is 5.82 Å². The van der Waals surface area contributed by atoms with Gasteiger partial charge in [-0.3, -0.25) is 4.79 Å². The molecule has 1 aromatic carbocycles. The molecule has 0 aliphatic carbocycles. The van der Waals surface area contributed by atoms with Gasteiger partial charge in [0.15, 0.2) is 5.76 Å². The summed E-state index contributed by atoms with van der Waals surface area (Å²) in [6.45, 7) is 3.82. The maximum atomic E-state index is 12.2. The molecule has 3 aromatic rings. The highest BCUT2D eigenvalue weighted by Crippen LogP contribution is 2.19. The zero-order chi connectivity index (χ0) is 26.0. The molecule has 0 aliphatic rings. The molecule has 2 aromatic heterocycles. The monoisotopic (exact) mass is 507 g/mol. The van der Waals surface area contributed by atoms with Crippen molar-refractivity contribution in [3.63, 3.8) is 0 Å². The molecule has 204 valence electrons. The standard InChI is InChI=1S/C32H49N3O2/c1-2-3-4-5-6-7-8-9-10-11-12-13-14-15-16-19-26-35-29-22-18-17-21-28(29)34-31(35)24-25-33-32(36)30-23-20-27-37-30/h17-18,20-23,27H,2-16,19,24-26H2,1H3,(H,33,36). The first kappa shape index (κ1) is 29.0. The fourth-order valence-electron chi connectivity index (χ4n) is 5.17. The third-order valence-electron chi connectivity index (χ3n) is 7.35. The van der Waals surface area contributed by atoms with E-state index in [-0.39, 0.29) is 5.91 Å². The molecule has 0 radical (unpaired) electrons. The number of nitrogens with one attached hydrogen (secondary N) is 1. The second-order valence-electron chi connectivity index (χ2n) is 10.5. The van der Waals surface area contributed by atoms with Crippen LogP contribution >= 0.6 is 0 Å². The van der Waals surface area contributed by atoms with Crippen molar-refractivity contribution in [3.8, 4) is 0 Å². The number of aryl methyl sites for hydroxylation is 1. The Morgan fingerprint density at radius 2 is 1.38 bits per heavy atom. The maximum Gasteiger partial charge on any atom is 0.286 e. The molecule has 0 aliphatic heterocycles. The second-order valence-corrected chi connectivity index (χ2v) is 10.5. The van der Waals surface area contributed by atoms with Gasteiger partial charge < -0.3 is 14.3 Å². The summed E-state index contributed by atoms with van der Waals surface area (Å²) in [5.41, 5.74) is 2.22. The lowest BCUT2D eigenvalue weighted by atomic mass is 10.0. The van der Waals surface area contributed by atoms with E-state index in [4.69, 9.17) is 9.40 Å². The van der Waals surface area contributed by atoms with Crippen molar-refractivity contribution in [1.29, 1.82) is 0 Å². The third kappa shape index (κ3) is 10.8. The van der Waals surface area contributed by atoms with Gasteiger partial charge in [0.25, 0.3) is 5.91 Å². The van der Waals surface area contributed by atoms with Gasteiger partial charge in [-0.05, 0) is 30.7 Å². The van der Waals surface area contributed by atoms with Crippen molar-refractivity contribution in [3.05, 3.63) is 54.2 Å². The Kier molecular flexibility index (Phi) is 14.0. The van der Waals surface area contributed by atoms with Gasteiger partial charge in [0, 0.05) is 19.5 Å². The fourth-order valence-corrected chi connectivity index (χ4v) is 5.17. The van der Waals surface area contributed by atoms with E-state index in [1.165, 1.54) is 115 Å². The van der Waals surface area contributed by atoms with Gasteiger partial charge in [-0.2, -0.15) is 0 Å². The van der Waals surface area contributed by atoms with Crippen LogP contribution in [-0.4, -0.2) is 22.0 Å². The van der Waals surface area contributed by atoms with Crippen LogP contribution in [0.15, 0.2) is 47.1 Å². The van der Waals surface area contributed by atoms with Gasteiger partial charge >= 0.3 is 0 Å². The SMILES string of the molecule is CCCCCCCCCCCCCCCCCCn1c(CCNC(=O)c2ccco2)nc2ccccc21. The van der Waals surface area contributed by atoms with Crippen LogP contribution < -0.4 is 5.32 Å². The van der Waals surface area contributed by atoms with Crippen molar-refractivity contribution < 1.29 is 9.21 Å². The summed E-state index contributed by atoms with van der Waals surface area (Å²) in [5, 5.41) is 2.94. The number of unbranched alkanes of at least 4 members (excludes halogenated alkanes) is 15. The van der Waals surface area contributed by atoms with Crippen LogP contribution in [0.25, 0.3) is 11.0 Å². The molecular weight excluding hydrogens is 458 g/mol. The number of carbonyl (C=O) groups is 1. The lowest BCUT2D eigenvalue weighted by Crippen LogP contribution is -2.26. The molecule has 5 nitrogen and oxygen atoms in total. The highest BCUT2D eigenvalue weighted by molar-refractivity contribution is 5.91. The molecule has 37 heavy (non-hydrogen) atoms. The molecule has 0 bridgehead atoms. The number of hydrogen-bond acceptors (Lipinski definition) is 3. The summed E-state index contributed by atoms with van der Waals surface area (Å²) >= 11 is 0. The van der Waals surface area contributed by atoms with Crippen molar-refractivity contribution >= 4 is 16.9 Å². The van der Waals surface area contributed by atoms with Crippen molar-refractivity contribution in [2.75, 3.05) is 6.54 Å². The smallest absolute Gasteiger partial charge is 0.286 e. The number of furan rings is 1. The first-order valence-corrected chi connectivity index (χ1v) is 15.1. The summed E-state index contributed by atoms with van der Waals surface area (Å²) < 4.78 is 7.52. The van der Waals surface area contributed by atoms with Gasteiger partial charge in [0.2, 0.25) is 0 Å². The Bertz CT molecular complexity index is 993. The van der Waals surface area contributed by atoms with E-state index in [9.17, 15) is 4.79 Å². The van der Waals surface area contributed by atoms with Crippen molar-refractivity contribution in [2.45, 2.75) is 123 Å². The first-order chi connectivity index (χ1) is 18.3. The Morgan fingerprint density at radius 1 is 0.784 bits per heavy atom. The predicted octanol–water partition coefficient (Wildman–Crippen LogP) is 8.86. The molecule has 0 saturated heterocycles. The van der Waals surface area contributed by atoms with Crippen LogP contribution in [-0.2, 0) is 13.0 Å². The Morgan fingerprint density at radius 3 is 1.97 bits per heavy atom. The largest absolute Gasteiger partial charge is 0.459 e. The molecule has 1 N–H and O–H groups in total. The van der Waals surface area contributed by atoms with E-state index >= 15 is 0 Å². The summed E-state index contributed by atoms with van der Waals surface area (Å²) in [6, 6.07) is 11.8. The number of hydrogen-bond donors (Lipinski definition) is 1.